The third kappa shape index (κ3) is 3.58. The van der Waals surface area contributed by atoms with Gasteiger partial charge in [0.1, 0.15) is 0 Å². The highest BCUT2D eigenvalue weighted by molar-refractivity contribution is 9.10. The Labute approximate surface area is 133 Å². The SMILES string of the molecule is O=C(O)N1CCC(NC2CCc3ccc(Br)cc3C2)CC1. The Kier molecular flexibility index (Phi) is 4.50. The van der Waals surface area contributed by atoms with Crippen LogP contribution in [0.15, 0.2) is 22.7 Å². The van der Waals surface area contributed by atoms with Crippen LogP contribution in [0.4, 0.5) is 4.79 Å². The molecule has 0 radical (unpaired) electrons. The Morgan fingerprint density at radius 3 is 2.67 bits per heavy atom. The zero-order valence-electron chi connectivity index (χ0n) is 12.0. The summed E-state index contributed by atoms with van der Waals surface area (Å²) in [7, 11) is 0. The molecule has 114 valence electrons. The first-order valence-corrected chi connectivity index (χ1v) is 8.42. The molecule has 0 aromatic heterocycles. The standard InChI is InChI=1S/C16H21BrN2O2/c17-13-3-1-11-2-4-15(10-12(11)9-13)18-14-5-7-19(8-6-14)16(20)21/h1,3,9,14-15,18H,2,4-8,10H2,(H,20,21). The molecule has 1 amide bonds. The Morgan fingerprint density at radius 1 is 1.19 bits per heavy atom. The maximum absolute atomic E-state index is 10.9. The topological polar surface area (TPSA) is 52.6 Å². The molecule has 1 atom stereocenters. The van der Waals surface area contributed by atoms with Gasteiger partial charge in [0.25, 0.3) is 0 Å². The minimum atomic E-state index is -0.787. The zero-order valence-corrected chi connectivity index (χ0v) is 13.6. The first kappa shape index (κ1) is 14.9. The molecule has 0 bridgehead atoms. The van der Waals surface area contributed by atoms with Gasteiger partial charge in [0.05, 0.1) is 0 Å². The fraction of sp³-hybridized carbons (Fsp3) is 0.562. The number of fused-ring (bicyclic) bond motifs is 1. The van der Waals surface area contributed by atoms with Gasteiger partial charge in [0.15, 0.2) is 0 Å². The van der Waals surface area contributed by atoms with Gasteiger partial charge in [0, 0.05) is 29.6 Å². The van der Waals surface area contributed by atoms with E-state index in [1.807, 2.05) is 0 Å². The van der Waals surface area contributed by atoms with Crippen molar-refractivity contribution in [2.45, 2.75) is 44.2 Å². The number of carboxylic acid groups (broad SMARTS) is 1. The number of amides is 1. The fourth-order valence-corrected chi connectivity index (χ4v) is 3.85. The van der Waals surface area contributed by atoms with Gasteiger partial charge in [-0.1, -0.05) is 22.0 Å². The lowest BCUT2D eigenvalue weighted by Crippen LogP contribution is -2.48. The Morgan fingerprint density at radius 2 is 1.95 bits per heavy atom. The predicted octanol–water partition coefficient (Wildman–Crippen LogP) is 3.04. The Bertz CT molecular complexity index is 527. The Balaban J connectivity index is 1.54. The number of hydrogen-bond acceptors (Lipinski definition) is 2. The molecule has 1 saturated heterocycles. The third-order valence-electron chi connectivity index (χ3n) is 4.63. The second-order valence-electron chi connectivity index (χ2n) is 6.06. The van der Waals surface area contributed by atoms with Gasteiger partial charge in [-0.2, -0.15) is 0 Å². The molecule has 1 aromatic carbocycles. The molecule has 1 aliphatic heterocycles. The lowest BCUT2D eigenvalue weighted by Gasteiger charge is -2.35. The van der Waals surface area contributed by atoms with Crippen molar-refractivity contribution in [1.82, 2.24) is 10.2 Å². The van der Waals surface area contributed by atoms with Crippen molar-refractivity contribution in [3.8, 4) is 0 Å². The molecule has 2 aliphatic rings. The van der Waals surface area contributed by atoms with E-state index in [9.17, 15) is 4.79 Å². The second kappa shape index (κ2) is 6.36. The number of rotatable bonds is 2. The van der Waals surface area contributed by atoms with Crippen molar-refractivity contribution in [3.05, 3.63) is 33.8 Å². The smallest absolute Gasteiger partial charge is 0.407 e. The van der Waals surface area contributed by atoms with Crippen molar-refractivity contribution < 1.29 is 9.90 Å². The van der Waals surface area contributed by atoms with E-state index in [0.29, 0.717) is 25.2 Å². The molecule has 21 heavy (non-hydrogen) atoms. The average Bonchev–Trinajstić information content (AvgIpc) is 2.47. The first-order chi connectivity index (χ1) is 10.1. The summed E-state index contributed by atoms with van der Waals surface area (Å²) in [5.74, 6) is 0. The number of nitrogens with one attached hydrogen (secondary N) is 1. The summed E-state index contributed by atoms with van der Waals surface area (Å²) in [5.41, 5.74) is 2.91. The molecule has 0 saturated carbocycles. The molecule has 5 heteroatoms. The third-order valence-corrected chi connectivity index (χ3v) is 5.13. The summed E-state index contributed by atoms with van der Waals surface area (Å²) < 4.78 is 1.15. The molecule has 1 aromatic rings. The number of piperidine rings is 1. The van der Waals surface area contributed by atoms with Crippen LogP contribution in [0, 0.1) is 0 Å². The van der Waals surface area contributed by atoms with E-state index in [1.54, 1.807) is 0 Å². The van der Waals surface area contributed by atoms with Gasteiger partial charge < -0.3 is 15.3 Å². The van der Waals surface area contributed by atoms with Crippen LogP contribution < -0.4 is 5.32 Å². The summed E-state index contributed by atoms with van der Waals surface area (Å²) in [6.45, 7) is 1.31. The van der Waals surface area contributed by atoms with E-state index >= 15 is 0 Å². The second-order valence-corrected chi connectivity index (χ2v) is 6.98. The van der Waals surface area contributed by atoms with Crippen LogP contribution in [-0.4, -0.2) is 41.3 Å². The summed E-state index contributed by atoms with van der Waals surface area (Å²) in [5, 5.41) is 12.7. The van der Waals surface area contributed by atoms with Crippen LogP contribution in [0.2, 0.25) is 0 Å². The lowest BCUT2D eigenvalue weighted by atomic mass is 9.87. The molecular weight excluding hydrogens is 332 g/mol. The van der Waals surface area contributed by atoms with Crippen LogP contribution >= 0.6 is 15.9 Å². The summed E-state index contributed by atoms with van der Waals surface area (Å²) >= 11 is 3.55. The van der Waals surface area contributed by atoms with Crippen LogP contribution in [0.3, 0.4) is 0 Å². The van der Waals surface area contributed by atoms with Gasteiger partial charge in [0.2, 0.25) is 0 Å². The van der Waals surface area contributed by atoms with E-state index < -0.39 is 6.09 Å². The fourth-order valence-electron chi connectivity index (χ4n) is 3.44. The van der Waals surface area contributed by atoms with Gasteiger partial charge in [-0.25, -0.2) is 4.79 Å². The maximum atomic E-state index is 10.9. The normalized spacial score (nSPS) is 22.9. The van der Waals surface area contributed by atoms with Crippen LogP contribution in [0.1, 0.15) is 30.4 Å². The maximum Gasteiger partial charge on any atom is 0.407 e. The van der Waals surface area contributed by atoms with Crippen molar-refractivity contribution in [2.75, 3.05) is 13.1 Å². The minimum absolute atomic E-state index is 0.458. The molecule has 1 fully saturated rings. The Hall–Kier alpha value is -1.07. The predicted molar refractivity (Wildman–Crippen MR) is 85.7 cm³/mol. The van der Waals surface area contributed by atoms with E-state index in [0.717, 1.165) is 30.2 Å². The van der Waals surface area contributed by atoms with Crippen molar-refractivity contribution in [2.24, 2.45) is 0 Å². The number of benzene rings is 1. The first-order valence-electron chi connectivity index (χ1n) is 7.63. The minimum Gasteiger partial charge on any atom is -0.465 e. The van der Waals surface area contributed by atoms with Gasteiger partial charge >= 0.3 is 6.09 Å². The highest BCUT2D eigenvalue weighted by atomic mass is 79.9. The summed E-state index contributed by atoms with van der Waals surface area (Å²) in [6.07, 6.45) is 4.45. The molecule has 1 aliphatic carbocycles. The van der Waals surface area contributed by atoms with Gasteiger partial charge in [-0.15, -0.1) is 0 Å². The van der Waals surface area contributed by atoms with E-state index in [-0.39, 0.29) is 0 Å². The van der Waals surface area contributed by atoms with Crippen LogP contribution in [-0.2, 0) is 12.8 Å². The highest BCUT2D eigenvalue weighted by Gasteiger charge is 2.26. The summed E-state index contributed by atoms with van der Waals surface area (Å²) in [4.78, 5) is 12.4. The molecule has 4 nitrogen and oxygen atoms in total. The summed E-state index contributed by atoms with van der Waals surface area (Å²) in [6, 6.07) is 7.55. The molecule has 1 heterocycles. The monoisotopic (exact) mass is 352 g/mol. The average molecular weight is 353 g/mol. The number of likely N-dealkylation sites (tertiary alicyclic amines) is 1. The van der Waals surface area contributed by atoms with Crippen LogP contribution in [0.25, 0.3) is 0 Å². The van der Waals surface area contributed by atoms with E-state index in [4.69, 9.17) is 5.11 Å². The van der Waals surface area contributed by atoms with Gasteiger partial charge in [-0.3, -0.25) is 0 Å². The molecule has 1 unspecified atom stereocenters. The molecule has 2 N–H and O–H groups in total. The zero-order chi connectivity index (χ0) is 14.8. The van der Waals surface area contributed by atoms with Gasteiger partial charge in [-0.05, 0) is 55.4 Å². The van der Waals surface area contributed by atoms with Crippen LogP contribution in [0.5, 0.6) is 0 Å². The number of carbonyl (C=O) groups is 1. The molecular formula is C16H21BrN2O2. The number of hydrogen-bond donors (Lipinski definition) is 2. The lowest BCUT2D eigenvalue weighted by molar-refractivity contribution is 0.127. The number of halogens is 1. The van der Waals surface area contributed by atoms with Crippen molar-refractivity contribution in [1.29, 1.82) is 0 Å². The number of nitrogens with zero attached hydrogens (tertiary/aromatic N) is 1. The van der Waals surface area contributed by atoms with E-state index in [2.05, 4.69) is 39.4 Å². The van der Waals surface area contributed by atoms with E-state index in [1.165, 1.54) is 22.4 Å². The quantitative estimate of drug-likeness (QED) is 0.859. The largest absolute Gasteiger partial charge is 0.465 e. The van der Waals surface area contributed by atoms with Crippen molar-refractivity contribution in [3.63, 3.8) is 0 Å². The van der Waals surface area contributed by atoms with Crippen molar-refractivity contribution >= 4 is 22.0 Å². The molecule has 3 rings (SSSR count). The highest BCUT2D eigenvalue weighted by Crippen LogP contribution is 2.25. The number of aryl methyl sites for hydroxylation is 1. The molecule has 0 spiro atoms.